The number of carbonyl (C=O) groups excluding carboxylic acids is 2. The lowest BCUT2D eigenvalue weighted by molar-refractivity contribution is 0.117. The Morgan fingerprint density at radius 2 is 2.04 bits per heavy atom. The largest absolute Gasteiger partial charge is 0.442 e. The lowest BCUT2D eigenvalue weighted by Gasteiger charge is -2.19. The Labute approximate surface area is 137 Å². The van der Waals surface area contributed by atoms with Crippen molar-refractivity contribution in [3.63, 3.8) is 0 Å². The summed E-state index contributed by atoms with van der Waals surface area (Å²) >= 11 is 0. The Bertz CT molecular complexity index is 774. The molecule has 0 bridgehead atoms. The van der Waals surface area contributed by atoms with Gasteiger partial charge in [0.1, 0.15) is 12.3 Å². The minimum atomic E-state index is -0.634. The predicted molar refractivity (Wildman–Crippen MR) is 86.0 cm³/mol. The molecule has 3 rings (SSSR count). The van der Waals surface area contributed by atoms with Crippen LogP contribution in [0, 0.1) is 0 Å². The van der Waals surface area contributed by atoms with Gasteiger partial charge in [-0.3, -0.25) is 5.32 Å². The number of anilines is 1. The highest BCUT2D eigenvalue weighted by atomic mass is 16.6. The van der Waals surface area contributed by atoms with Crippen molar-refractivity contribution in [2.45, 2.75) is 0 Å². The fraction of sp³-hybridized carbons (Fsp3) is 0.125. The molecule has 1 aromatic carbocycles. The Morgan fingerprint density at radius 3 is 2.71 bits per heavy atom. The number of nitrogens with one attached hydrogen (secondary N) is 1. The summed E-state index contributed by atoms with van der Waals surface area (Å²) in [4.78, 5) is 26.9. The first-order chi connectivity index (χ1) is 11.6. The van der Waals surface area contributed by atoms with Crippen molar-refractivity contribution >= 4 is 23.6 Å². The normalized spacial score (nSPS) is 13.8. The maximum Gasteiger partial charge on any atom is 0.430 e. The fourth-order valence-corrected chi connectivity index (χ4v) is 2.01. The van der Waals surface area contributed by atoms with Gasteiger partial charge in [-0.15, -0.1) is 0 Å². The molecule has 0 saturated carbocycles. The van der Waals surface area contributed by atoms with Crippen molar-refractivity contribution in [3.05, 3.63) is 54.2 Å². The highest BCUT2D eigenvalue weighted by molar-refractivity contribution is 6.04. The second kappa shape index (κ2) is 6.78. The number of ether oxygens (including phenoxy) is 2. The van der Waals surface area contributed by atoms with Crippen LogP contribution in [0.2, 0.25) is 0 Å². The molecule has 0 aliphatic carbocycles. The van der Waals surface area contributed by atoms with Crippen LogP contribution in [0.15, 0.2) is 53.8 Å². The minimum absolute atomic E-state index is 0.109. The number of hydrazone groups is 1. The van der Waals surface area contributed by atoms with Crippen LogP contribution in [0.5, 0.6) is 5.88 Å². The van der Waals surface area contributed by atoms with Crippen LogP contribution in [-0.2, 0) is 4.74 Å². The number of hydrogen-bond donors (Lipinski definition) is 1. The topological polar surface area (TPSA) is 93.1 Å². The summed E-state index contributed by atoms with van der Waals surface area (Å²) in [5.74, 6) is 0.216. The van der Waals surface area contributed by atoms with Gasteiger partial charge in [-0.25, -0.2) is 19.6 Å². The third kappa shape index (κ3) is 3.67. The number of carbonyl (C=O) groups is 2. The maximum atomic E-state index is 11.8. The second-order valence-corrected chi connectivity index (χ2v) is 4.88. The molecule has 8 heteroatoms. The van der Waals surface area contributed by atoms with E-state index in [-0.39, 0.29) is 12.5 Å². The number of aromatic nitrogens is 1. The third-order valence-corrected chi connectivity index (χ3v) is 3.17. The van der Waals surface area contributed by atoms with E-state index >= 15 is 0 Å². The Balaban J connectivity index is 1.63. The first-order valence-electron chi connectivity index (χ1n) is 7.10. The van der Waals surface area contributed by atoms with Gasteiger partial charge in [-0.1, -0.05) is 18.2 Å². The SMILES string of the molecule is CN1N=C(c2ccc(NC(=O)Oc3ccccn3)cc2)COC1=O. The molecule has 0 radical (unpaired) electrons. The maximum absolute atomic E-state index is 11.8. The molecule has 2 heterocycles. The quantitative estimate of drug-likeness (QED) is 0.935. The van der Waals surface area contributed by atoms with E-state index in [0.29, 0.717) is 11.4 Å². The van der Waals surface area contributed by atoms with E-state index in [1.807, 2.05) is 0 Å². The Morgan fingerprint density at radius 1 is 1.25 bits per heavy atom. The fourth-order valence-electron chi connectivity index (χ4n) is 2.01. The van der Waals surface area contributed by atoms with E-state index in [0.717, 1.165) is 10.6 Å². The number of amides is 2. The second-order valence-electron chi connectivity index (χ2n) is 4.88. The lowest BCUT2D eigenvalue weighted by atomic mass is 10.1. The molecule has 122 valence electrons. The van der Waals surface area contributed by atoms with Crippen molar-refractivity contribution < 1.29 is 19.1 Å². The van der Waals surface area contributed by atoms with Crippen molar-refractivity contribution in [2.24, 2.45) is 5.10 Å². The number of benzene rings is 1. The van der Waals surface area contributed by atoms with Gasteiger partial charge in [-0.05, 0) is 18.2 Å². The van der Waals surface area contributed by atoms with Crippen LogP contribution in [0.3, 0.4) is 0 Å². The van der Waals surface area contributed by atoms with Gasteiger partial charge < -0.3 is 9.47 Å². The lowest BCUT2D eigenvalue weighted by Crippen LogP contribution is -2.32. The molecule has 0 saturated heterocycles. The van der Waals surface area contributed by atoms with Gasteiger partial charge in [-0.2, -0.15) is 5.10 Å². The van der Waals surface area contributed by atoms with E-state index < -0.39 is 12.2 Å². The van der Waals surface area contributed by atoms with Crippen molar-refractivity contribution in [3.8, 4) is 5.88 Å². The van der Waals surface area contributed by atoms with Crippen LogP contribution < -0.4 is 10.1 Å². The van der Waals surface area contributed by atoms with Crippen LogP contribution in [0.25, 0.3) is 0 Å². The summed E-state index contributed by atoms with van der Waals surface area (Å²) < 4.78 is 10.0. The average Bonchev–Trinajstić information content (AvgIpc) is 2.59. The summed E-state index contributed by atoms with van der Waals surface area (Å²) in [5, 5.41) is 7.87. The monoisotopic (exact) mass is 326 g/mol. The molecule has 0 atom stereocenters. The molecule has 1 aliphatic heterocycles. The summed E-state index contributed by atoms with van der Waals surface area (Å²) in [7, 11) is 1.52. The average molecular weight is 326 g/mol. The van der Waals surface area contributed by atoms with Crippen LogP contribution in [0.4, 0.5) is 15.3 Å². The van der Waals surface area contributed by atoms with Gasteiger partial charge in [0.05, 0.1) is 0 Å². The van der Waals surface area contributed by atoms with Crippen LogP contribution >= 0.6 is 0 Å². The molecule has 1 aromatic heterocycles. The van der Waals surface area contributed by atoms with E-state index in [1.165, 1.54) is 13.2 Å². The standard InChI is InChI=1S/C16H14N4O4/c1-20-16(22)23-10-13(19-20)11-5-7-12(8-6-11)18-15(21)24-14-4-2-3-9-17-14/h2-9H,10H2,1H3,(H,18,21). The summed E-state index contributed by atoms with van der Waals surface area (Å²) in [5.41, 5.74) is 1.97. The van der Waals surface area contributed by atoms with Crippen LogP contribution in [0.1, 0.15) is 5.56 Å². The Kier molecular flexibility index (Phi) is 4.37. The molecule has 0 unspecified atom stereocenters. The molecule has 1 N–H and O–H groups in total. The van der Waals surface area contributed by atoms with E-state index in [2.05, 4.69) is 15.4 Å². The summed E-state index contributed by atoms with van der Waals surface area (Å²) in [6.07, 6.45) is 0.408. The number of cyclic esters (lactones) is 1. The molecule has 0 spiro atoms. The number of hydrogen-bond acceptors (Lipinski definition) is 6. The van der Waals surface area contributed by atoms with Gasteiger partial charge in [0.15, 0.2) is 0 Å². The summed E-state index contributed by atoms with van der Waals surface area (Å²) in [6.45, 7) is 0.109. The van der Waals surface area contributed by atoms with E-state index in [1.54, 1.807) is 42.5 Å². The molecular formula is C16H14N4O4. The zero-order valence-corrected chi connectivity index (χ0v) is 12.8. The highest BCUT2D eigenvalue weighted by Crippen LogP contribution is 2.14. The molecule has 2 aromatic rings. The third-order valence-electron chi connectivity index (χ3n) is 3.17. The van der Waals surface area contributed by atoms with Crippen molar-refractivity contribution in [1.29, 1.82) is 0 Å². The smallest absolute Gasteiger partial charge is 0.430 e. The molecule has 0 fully saturated rings. The van der Waals surface area contributed by atoms with E-state index in [4.69, 9.17) is 9.47 Å². The first kappa shape index (κ1) is 15.5. The first-order valence-corrected chi connectivity index (χ1v) is 7.10. The number of nitrogens with zero attached hydrogens (tertiary/aromatic N) is 3. The molecule has 1 aliphatic rings. The number of pyridine rings is 1. The highest BCUT2D eigenvalue weighted by Gasteiger charge is 2.19. The van der Waals surface area contributed by atoms with Gasteiger partial charge in [0.25, 0.3) is 0 Å². The zero-order chi connectivity index (χ0) is 16.9. The van der Waals surface area contributed by atoms with Crippen molar-refractivity contribution in [1.82, 2.24) is 9.99 Å². The number of rotatable bonds is 3. The molecule has 8 nitrogen and oxygen atoms in total. The van der Waals surface area contributed by atoms with Crippen LogP contribution in [-0.4, -0.2) is 41.5 Å². The van der Waals surface area contributed by atoms with Crippen molar-refractivity contribution in [2.75, 3.05) is 19.0 Å². The van der Waals surface area contributed by atoms with Gasteiger partial charge in [0.2, 0.25) is 5.88 Å². The molecular weight excluding hydrogens is 312 g/mol. The minimum Gasteiger partial charge on any atom is -0.442 e. The summed E-state index contributed by atoms with van der Waals surface area (Å²) in [6, 6.07) is 12.0. The zero-order valence-electron chi connectivity index (χ0n) is 12.8. The Hall–Kier alpha value is -3.42. The van der Waals surface area contributed by atoms with E-state index in [9.17, 15) is 9.59 Å². The van der Waals surface area contributed by atoms with Gasteiger partial charge >= 0.3 is 12.2 Å². The predicted octanol–water partition coefficient (Wildman–Crippen LogP) is 2.48. The molecule has 2 amide bonds. The molecule has 24 heavy (non-hydrogen) atoms. The van der Waals surface area contributed by atoms with Gasteiger partial charge in [0, 0.05) is 30.6 Å².